The molecule has 1 heterocycles. The highest BCUT2D eigenvalue weighted by molar-refractivity contribution is 14.0. The second kappa shape index (κ2) is 13.1. The Balaban J connectivity index is 0.00000420. The molecule has 9 heteroatoms. The van der Waals surface area contributed by atoms with Gasteiger partial charge in [-0.05, 0) is 24.1 Å². The van der Waals surface area contributed by atoms with Crippen molar-refractivity contribution in [3.63, 3.8) is 0 Å². The fraction of sp³-hybridized carbons (Fsp3) is 0.500. The van der Waals surface area contributed by atoms with Crippen LogP contribution in [0.1, 0.15) is 38.6 Å². The number of nitrogens with zero attached hydrogens (tertiary/aromatic N) is 4. The molecule has 0 saturated heterocycles. The van der Waals surface area contributed by atoms with Crippen LogP contribution in [0.2, 0.25) is 0 Å². The number of guanidine groups is 1. The molecule has 160 valence electrons. The molecule has 0 aliphatic heterocycles. The van der Waals surface area contributed by atoms with E-state index in [2.05, 4.69) is 38.1 Å². The van der Waals surface area contributed by atoms with Gasteiger partial charge in [0.25, 0.3) is 0 Å². The first kappa shape index (κ1) is 24.9. The molecule has 0 fully saturated rings. The Labute approximate surface area is 190 Å². The van der Waals surface area contributed by atoms with Crippen molar-refractivity contribution in [3.05, 3.63) is 42.0 Å². The van der Waals surface area contributed by atoms with Crippen LogP contribution in [0.25, 0.3) is 0 Å². The van der Waals surface area contributed by atoms with Crippen LogP contribution in [-0.2, 0) is 24.3 Å². The van der Waals surface area contributed by atoms with E-state index in [1.54, 1.807) is 13.4 Å². The van der Waals surface area contributed by atoms with Crippen LogP contribution < -0.4 is 16.0 Å². The second-order valence-corrected chi connectivity index (χ2v) is 6.65. The molecule has 0 aliphatic rings. The zero-order valence-electron chi connectivity index (χ0n) is 17.6. The lowest BCUT2D eigenvalue weighted by atomic mass is 10.1. The van der Waals surface area contributed by atoms with Crippen LogP contribution in [0.4, 0.5) is 5.69 Å². The first-order chi connectivity index (χ1) is 13.6. The van der Waals surface area contributed by atoms with E-state index >= 15 is 0 Å². The van der Waals surface area contributed by atoms with E-state index in [9.17, 15) is 4.79 Å². The number of aromatic nitrogens is 3. The summed E-state index contributed by atoms with van der Waals surface area (Å²) in [6.45, 7) is 8.10. The number of halogens is 1. The molecule has 1 unspecified atom stereocenters. The average molecular weight is 513 g/mol. The molecule has 1 aromatic heterocycles. The molecule has 2 rings (SSSR count). The summed E-state index contributed by atoms with van der Waals surface area (Å²) in [5.41, 5.74) is 1.88. The summed E-state index contributed by atoms with van der Waals surface area (Å²) >= 11 is 0. The minimum atomic E-state index is 0. The van der Waals surface area contributed by atoms with Crippen molar-refractivity contribution in [2.45, 2.75) is 46.7 Å². The topological polar surface area (TPSA) is 96.2 Å². The van der Waals surface area contributed by atoms with Gasteiger partial charge in [0.1, 0.15) is 12.2 Å². The highest BCUT2D eigenvalue weighted by Gasteiger charge is 2.10. The molecule has 0 bridgehead atoms. The van der Waals surface area contributed by atoms with E-state index in [0.29, 0.717) is 6.54 Å². The van der Waals surface area contributed by atoms with Crippen LogP contribution in [0.15, 0.2) is 35.6 Å². The number of carbonyl (C=O) groups is 1. The van der Waals surface area contributed by atoms with Crippen molar-refractivity contribution < 1.29 is 4.79 Å². The Bertz CT molecular complexity index is 791. The lowest BCUT2D eigenvalue weighted by Crippen LogP contribution is -2.38. The number of hydrogen-bond acceptors (Lipinski definition) is 4. The van der Waals surface area contributed by atoms with Crippen molar-refractivity contribution in [1.82, 2.24) is 25.4 Å². The zero-order valence-corrected chi connectivity index (χ0v) is 19.9. The van der Waals surface area contributed by atoms with Crippen molar-refractivity contribution in [2.24, 2.45) is 10.9 Å². The first-order valence-electron chi connectivity index (χ1n) is 9.78. The van der Waals surface area contributed by atoms with Crippen LogP contribution in [0, 0.1) is 5.92 Å². The lowest BCUT2D eigenvalue weighted by Gasteiger charge is -2.14. The molecular weight excluding hydrogens is 481 g/mol. The Hall–Kier alpha value is -2.17. The number of benzene rings is 1. The third-order valence-corrected chi connectivity index (χ3v) is 4.60. The van der Waals surface area contributed by atoms with Crippen LogP contribution >= 0.6 is 24.0 Å². The number of amides is 1. The summed E-state index contributed by atoms with van der Waals surface area (Å²) in [5, 5.41) is 17.6. The molecule has 1 atom stereocenters. The minimum Gasteiger partial charge on any atom is -0.355 e. The lowest BCUT2D eigenvalue weighted by molar-refractivity contribution is -0.119. The van der Waals surface area contributed by atoms with Gasteiger partial charge in [0.2, 0.25) is 5.91 Å². The summed E-state index contributed by atoms with van der Waals surface area (Å²) < 4.78 is 2.03. The molecule has 8 nitrogen and oxygen atoms in total. The van der Waals surface area contributed by atoms with Gasteiger partial charge < -0.3 is 20.5 Å². The molecule has 1 aromatic carbocycles. The van der Waals surface area contributed by atoms with Crippen molar-refractivity contribution in [2.75, 3.05) is 18.9 Å². The number of hydrogen-bond donors (Lipinski definition) is 3. The summed E-state index contributed by atoms with van der Waals surface area (Å²) in [6.07, 6.45) is 3.43. The van der Waals surface area contributed by atoms with E-state index in [4.69, 9.17) is 0 Å². The van der Waals surface area contributed by atoms with Crippen LogP contribution in [-0.4, -0.2) is 40.2 Å². The second-order valence-electron chi connectivity index (χ2n) is 6.65. The molecule has 3 N–H and O–H groups in total. The van der Waals surface area contributed by atoms with Gasteiger partial charge in [0.15, 0.2) is 5.96 Å². The fourth-order valence-electron chi connectivity index (χ4n) is 2.65. The van der Waals surface area contributed by atoms with Crippen molar-refractivity contribution in [1.29, 1.82) is 0 Å². The SMILES string of the molecule is CCc1nncn1CCNC(=NC)NCc1cccc(NC(=O)C(C)CC)c1.I. The smallest absolute Gasteiger partial charge is 0.227 e. The Kier molecular flexibility index (Phi) is 11.3. The van der Waals surface area contributed by atoms with Crippen molar-refractivity contribution >= 4 is 41.5 Å². The molecule has 0 saturated carbocycles. The maximum atomic E-state index is 12.1. The van der Waals surface area contributed by atoms with E-state index in [0.717, 1.165) is 49.0 Å². The predicted molar refractivity (Wildman–Crippen MR) is 128 cm³/mol. The van der Waals surface area contributed by atoms with Gasteiger partial charge in [-0.2, -0.15) is 0 Å². The fourth-order valence-corrected chi connectivity index (χ4v) is 2.65. The van der Waals surface area contributed by atoms with Gasteiger partial charge in [0, 0.05) is 44.7 Å². The minimum absolute atomic E-state index is 0. The highest BCUT2D eigenvalue weighted by Crippen LogP contribution is 2.13. The number of aryl methyl sites for hydroxylation is 1. The van der Waals surface area contributed by atoms with E-state index in [-0.39, 0.29) is 35.8 Å². The third-order valence-electron chi connectivity index (χ3n) is 4.60. The zero-order chi connectivity index (χ0) is 20.4. The predicted octanol–water partition coefficient (Wildman–Crippen LogP) is 2.81. The van der Waals surface area contributed by atoms with Gasteiger partial charge in [-0.25, -0.2) is 0 Å². The molecule has 0 spiro atoms. The van der Waals surface area contributed by atoms with Crippen LogP contribution in [0.5, 0.6) is 0 Å². The highest BCUT2D eigenvalue weighted by atomic mass is 127. The number of nitrogens with one attached hydrogen (secondary N) is 3. The Morgan fingerprint density at radius 1 is 1.28 bits per heavy atom. The van der Waals surface area contributed by atoms with Gasteiger partial charge in [-0.1, -0.05) is 32.9 Å². The molecule has 2 aromatic rings. The maximum absolute atomic E-state index is 12.1. The van der Waals surface area contributed by atoms with E-state index in [1.165, 1.54) is 0 Å². The van der Waals surface area contributed by atoms with Gasteiger partial charge in [0.05, 0.1) is 0 Å². The number of aliphatic imine (C=N–C) groups is 1. The summed E-state index contributed by atoms with van der Waals surface area (Å²) in [6, 6.07) is 7.84. The average Bonchev–Trinajstić information content (AvgIpc) is 3.17. The molecule has 29 heavy (non-hydrogen) atoms. The van der Waals surface area contributed by atoms with Gasteiger partial charge >= 0.3 is 0 Å². The summed E-state index contributed by atoms with van der Waals surface area (Å²) in [5.74, 6) is 1.75. The Morgan fingerprint density at radius 3 is 2.76 bits per heavy atom. The van der Waals surface area contributed by atoms with E-state index < -0.39 is 0 Å². The summed E-state index contributed by atoms with van der Waals surface area (Å²) in [4.78, 5) is 16.3. The number of anilines is 1. The molecule has 0 radical (unpaired) electrons. The van der Waals surface area contributed by atoms with Crippen LogP contribution in [0.3, 0.4) is 0 Å². The molecular formula is C20H32IN7O. The number of rotatable bonds is 9. The maximum Gasteiger partial charge on any atom is 0.227 e. The monoisotopic (exact) mass is 513 g/mol. The first-order valence-corrected chi connectivity index (χ1v) is 9.78. The summed E-state index contributed by atoms with van der Waals surface area (Å²) in [7, 11) is 1.74. The Morgan fingerprint density at radius 2 is 2.07 bits per heavy atom. The number of carbonyl (C=O) groups excluding carboxylic acids is 1. The molecule has 1 amide bonds. The standard InChI is InChI=1S/C20H31N7O.HI/c1-5-15(3)19(28)25-17-9-7-8-16(12-17)13-23-20(21-4)22-10-11-27-14-24-26-18(27)6-2;/h7-9,12,14-15H,5-6,10-11,13H2,1-4H3,(H,25,28)(H2,21,22,23);1H. The van der Waals surface area contributed by atoms with Gasteiger partial charge in [-0.15, -0.1) is 34.2 Å². The largest absolute Gasteiger partial charge is 0.355 e. The van der Waals surface area contributed by atoms with Gasteiger partial charge in [-0.3, -0.25) is 9.79 Å². The van der Waals surface area contributed by atoms with E-state index in [1.807, 2.05) is 42.7 Å². The quantitative estimate of drug-likeness (QED) is 0.272. The molecule has 0 aliphatic carbocycles. The third kappa shape index (κ3) is 8.00. The normalized spacial score (nSPS) is 12.1. The van der Waals surface area contributed by atoms with Crippen molar-refractivity contribution in [3.8, 4) is 0 Å².